The molecular formula is C18H15BrN2S. The van der Waals surface area contributed by atoms with Gasteiger partial charge in [-0.25, -0.2) is 0 Å². The lowest BCUT2D eigenvalue weighted by Crippen LogP contribution is -2.04. The number of halogens is 1. The molecule has 3 aromatic rings. The molecule has 0 unspecified atom stereocenters. The van der Waals surface area contributed by atoms with Gasteiger partial charge in [-0.3, -0.25) is 4.68 Å². The van der Waals surface area contributed by atoms with Gasteiger partial charge in [-0.15, -0.1) is 0 Å². The minimum atomic E-state index is 0.786. The van der Waals surface area contributed by atoms with Gasteiger partial charge in [0.25, 0.3) is 0 Å². The van der Waals surface area contributed by atoms with Crippen molar-refractivity contribution < 1.29 is 0 Å². The molecule has 0 aliphatic rings. The molecule has 0 saturated carbocycles. The van der Waals surface area contributed by atoms with Gasteiger partial charge in [0, 0.05) is 28.3 Å². The van der Waals surface area contributed by atoms with Crippen molar-refractivity contribution in [1.82, 2.24) is 9.78 Å². The number of hydrogen-bond donors (Lipinski definition) is 0. The molecule has 110 valence electrons. The number of aromatic nitrogens is 2. The van der Waals surface area contributed by atoms with Crippen LogP contribution in [-0.2, 0) is 6.54 Å². The fourth-order valence-electron chi connectivity index (χ4n) is 2.35. The van der Waals surface area contributed by atoms with E-state index >= 15 is 0 Å². The second-order valence-electron chi connectivity index (χ2n) is 4.95. The van der Waals surface area contributed by atoms with E-state index in [4.69, 9.17) is 12.2 Å². The summed E-state index contributed by atoms with van der Waals surface area (Å²) in [6.45, 7) is 2.88. The average molecular weight is 371 g/mol. The predicted octanol–water partition coefficient (Wildman–Crippen LogP) is 5.73. The number of rotatable bonds is 3. The molecule has 0 saturated heterocycles. The molecule has 2 aromatic carbocycles. The lowest BCUT2D eigenvalue weighted by Gasteiger charge is -2.11. The van der Waals surface area contributed by atoms with E-state index in [1.807, 2.05) is 53.3 Å². The third-order valence-corrected chi connectivity index (χ3v) is 4.38. The van der Waals surface area contributed by atoms with Crippen LogP contribution in [0.15, 0.2) is 65.3 Å². The summed E-state index contributed by atoms with van der Waals surface area (Å²) in [6.07, 6.45) is 2.02. The van der Waals surface area contributed by atoms with Crippen molar-refractivity contribution in [3.05, 3.63) is 69.8 Å². The predicted molar refractivity (Wildman–Crippen MR) is 97.3 cm³/mol. The molecule has 0 aliphatic heterocycles. The third kappa shape index (κ3) is 3.03. The molecule has 0 amide bonds. The van der Waals surface area contributed by atoms with E-state index in [-0.39, 0.29) is 0 Å². The monoisotopic (exact) mass is 370 g/mol. The molecular weight excluding hydrogens is 356 g/mol. The lowest BCUT2D eigenvalue weighted by molar-refractivity contribution is 0.644. The van der Waals surface area contributed by atoms with Gasteiger partial charge < -0.3 is 0 Å². The number of aryl methyl sites for hydroxylation is 1. The van der Waals surface area contributed by atoms with E-state index in [1.54, 1.807) is 0 Å². The Morgan fingerprint density at radius 1 is 1.05 bits per heavy atom. The van der Waals surface area contributed by atoms with E-state index in [2.05, 4.69) is 40.1 Å². The van der Waals surface area contributed by atoms with Gasteiger partial charge >= 0.3 is 0 Å². The summed E-state index contributed by atoms with van der Waals surface area (Å²) < 4.78 is 3.77. The fourth-order valence-corrected chi connectivity index (χ4v) is 3.07. The van der Waals surface area contributed by atoms with Crippen molar-refractivity contribution in [2.45, 2.75) is 13.5 Å². The molecule has 1 heterocycles. The molecule has 3 rings (SSSR count). The summed E-state index contributed by atoms with van der Waals surface area (Å²) in [5.74, 6) is 0. The average Bonchev–Trinajstić information content (AvgIpc) is 2.56. The quantitative estimate of drug-likeness (QED) is 0.547. The van der Waals surface area contributed by atoms with Crippen molar-refractivity contribution in [2.75, 3.05) is 0 Å². The minimum Gasteiger partial charge on any atom is -0.272 e. The highest BCUT2D eigenvalue weighted by Crippen LogP contribution is 2.28. The molecule has 0 aliphatic carbocycles. The van der Waals surface area contributed by atoms with E-state index in [0.717, 1.165) is 37.9 Å². The Hall–Kier alpha value is -1.78. The van der Waals surface area contributed by atoms with Crippen LogP contribution in [0.4, 0.5) is 0 Å². The Labute approximate surface area is 143 Å². The first-order valence-electron chi connectivity index (χ1n) is 7.12. The van der Waals surface area contributed by atoms with Crippen molar-refractivity contribution in [2.24, 2.45) is 0 Å². The maximum atomic E-state index is 5.72. The van der Waals surface area contributed by atoms with Crippen molar-refractivity contribution >= 4 is 28.1 Å². The Morgan fingerprint density at radius 2 is 1.77 bits per heavy atom. The van der Waals surface area contributed by atoms with Crippen molar-refractivity contribution in [1.29, 1.82) is 0 Å². The van der Waals surface area contributed by atoms with Gasteiger partial charge in [-0.2, -0.15) is 5.10 Å². The summed E-state index contributed by atoms with van der Waals surface area (Å²) in [4.78, 5) is 0. The summed E-state index contributed by atoms with van der Waals surface area (Å²) in [5, 5.41) is 4.67. The van der Waals surface area contributed by atoms with Crippen LogP contribution in [0.1, 0.15) is 6.92 Å². The van der Waals surface area contributed by atoms with E-state index in [9.17, 15) is 0 Å². The molecule has 0 N–H and O–H groups in total. The topological polar surface area (TPSA) is 17.8 Å². The van der Waals surface area contributed by atoms with Crippen molar-refractivity contribution in [3.63, 3.8) is 0 Å². The Balaban J connectivity index is 2.26. The Morgan fingerprint density at radius 3 is 2.45 bits per heavy atom. The van der Waals surface area contributed by atoms with Crippen LogP contribution in [0.5, 0.6) is 0 Å². The van der Waals surface area contributed by atoms with Gasteiger partial charge in [0.15, 0.2) is 0 Å². The standard InChI is InChI=1S/C18H15BrN2S/c1-2-21-12-16(14-9-6-10-15(19)11-14)18(22)17(20-21)13-7-4-3-5-8-13/h3-12H,2H2,1H3. The number of hydrogen-bond acceptors (Lipinski definition) is 2. The first-order chi connectivity index (χ1) is 10.7. The third-order valence-electron chi connectivity index (χ3n) is 3.47. The van der Waals surface area contributed by atoms with Crippen LogP contribution in [-0.4, -0.2) is 9.78 Å². The zero-order valence-electron chi connectivity index (χ0n) is 12.2. The number of nitrogens with zero attached hydrogens (tertiary/aromatic N) is 2. The van der Waals surface area contributed by atoms with E-state index in [1.165, 1.54) is 0 Å². The molecule has 0 fully saturated rings. The SMILES string of the molecule is CCn1cc(-c2cccc(Br)c2)c(=S)c(-c2ccccc2)n1. The molecule has 0 bridgehead atoms. The minimum absolute atomic E-state index is 0.786. The normalized spacial score (nSPS) is 10.6. The van der Waals surface area contributed by atoms with Crippen LogP contribution >= 0.6 is 28.1 Å². The van der Waals surface area contributed by atoms with Crippen LogP contribution in [0, 0.1) is 4.51 Å². The molecule has 1 aromatic heterocycles. The maximum Gasteiger partial charge on any atom is 0.109 e. The van der Waals surface area contributed by atoms with Crippen LogP contribution in [0.25, 0.3) is 22.4 Å². The number of benzene rings is 2. The zero-order valence-corrected chi connectivity index (χ0v) is 14.6. The van der Waals surface area contributed by atoms with Gasteiger partial charge in [0.05, 0.1) is 4.51 Å². The van der Waals surface area contributed by atoms with Crippen LogP contribution < -0.4 is 0 Å². The van der Waals surface area contributed by atoms with Gasteiger partial charge in [-0.1, -0.05) is 70.6 Å². The fraction of sp³-hybridized carbons (Fsp3) is 0.111. The molecule has 0 radical (unpaired) electrons. The first-order valence-corrected chi connectivity index (χ1v) is 8.32. The Kier molecular flexibility index (Phi) is 4.50. The maximum absolute atomic E-state index is 5.72. The van der Waals surface area contributed by atoms with Gasteiger partial charge in [-0.05, 0) is 24.6 Å². The van der Waals surface area contributed by atoms with Gasteiger partial charge in [0.2, 0.25) is 0 Å². The highest BCUT2D eigenvalue weighted by molar-refractivity contribution is 9.10. The van der Waals surface area contributed by atoms with Crippen LogP contribution in [0.2, 0.25) is 0 Å². The molecule has 0 atom stereocenters. The highest BCUT2D eigenvalue weighted by atomic mass is 79.9. The summed E-state index contributed by atoms with van der Waals surface area (Å²) >= 11 is 9.24. The van der Waals surface area contributed by atoms with Gasteiger partial charge in [0.1, 0.15) is 5.69 Å². The second kappa shape index (κ2) is 6.55. The smallest absolute Gasteiger partial charge is 0.109 e. The second-order valence-corrected chi connectivity index (χ2v) is 6.28. The summed E-state index contributed by atoms with van der Waals surface area (Å²) in [6, 6.07) is 18.3. The summed E-state index contributed by atoms with van der Waals surface area (Å²) in [5.41, 5.74) is 4.04. The molecule has 22 heavy (non-hydrogen) atoms. The van der Waals surface area contributed by atoms with E-state index < -0.39 is 0 Å². The van der Waals surface area contributed by atoms with Crippen LogP contribution in [0.3, 0.4) is 0 Å². The largest absolute Gasteiger partial charge is 0.272 e. The summed E-state index contributed by atoms with van der Waals surface area (Å²) in [7, 11) is 0. The molecule has 2 nitrogen and oxygen atoms in total. The van der Waals surface area contributed by atoms with E-state index in [0.29, 0.717) is 0 Å². The molecule has 4 heteroatoms. The van der Waals surface area contributed by atoms with Crippen molar-refractivity contribution in [3.8, 4) is 22.4 Å². The Bertz CT molecular complexity index is 856. The lowest BCUT2D eigenvalue weighted by atomic mass is 10.0. The molecule has 0 spiro atoms. The highest BCUT2D eigenvalue weighted by Gasteiger charge is 2.10. The zero-order chi connectivity index (χ0) is 15.5. The first kappa shape index (κ1) is 15.1.